The van der Waals surface area contributed by atoms with Crippen molar-refractivity contribution in [2.75, 3.05) is 7.05 Å². The Balaban J connectivity index is 3.06. The standard InChI is InChI=1S/C12H17N3O4/c1-3-4-10(13-2)7-9-5-6-11(14(16)17)8-12(9)15(18)19/h5-6,8,10,13H,3-4,7H2,1-2H3. The minimum atomic E-state index is -0.627. The molecule has 7 heteroatoms. The van der Waals surface area contributed by atoms with Gasteiger partial charge in [0.25, 0.3) is 11.4 Å². The second-order valence-corrected chi connectivity index (χ2v) is 4.31. The summed E-state index contributed by atoms with van der Waals surface area (Å²) >= 11 is 0. The van der Waals surface area contributed by atoms with Crippen LogP contribution in [0.1, 0.15) is 25.3 Å². The van der Waals surface area contributed by atoms with Gasteiger partial charge in [-0.05, 0) is 26.0 Å². The molecule has 104 valence electrons. The Morgan fingerprint density at radius 1 is 1.26 bits per heavy atom. The number of likely N-dealkylation sites (N-methyl/N-ethyl adjacent to an activating group) is 1. The molecule has 0 aliphatic rings. The largest absolute Gasteiger partial charge is 0.317 e. The number of nitro benzene ring substituents is 2. The molecule has 1 atom stereocenters. The summed E-state index contributed by atoms with van der Waals surface area (Å²) in [7, 11) is 1.80. The first-order valence-corrected chi connectivity index (χ1v) is 6.08. The summed E-state index contributed by atoms with van der Waals surface area (Å²) in [6.07, 6.45) is 2.34. The molecule has 0 fully saturated rings. The van der Waals surface area contributed by atoms with Gasteiger partial charge in [0, 0.05) is 17.7 Å². The molecule has 1 aromatic rings. The highest BCUT2D eigenvalue weighted by molar-refractivity contribution is 5.49. The molecule has 1 unspecified atom stereocenters. The number of nitrogens with one attached hydrogen (secondary N) is 1. The molecule has 1 rings (SSSR count). The molecule has 1 N–H and O–H groups in total. The van der Waals surface area contributed by atoms with Crippen LogP contribution in [0.5, 0.6) is 0 Å². The van der Waals surface area contributed by atoms with Gasteiger partial charge in [-0.25, -0.2) is 0 Å². The van der Waals surface area contributed by atoms with Crippen molar-refractivity contribution in [2.45, 2.75) is 32.2 Å². The van der Waals surface area contributed by atoms with Gasteiger partial charge in [0.05, 0.1) is 15.9 Å². The smallest absolute Gasteiger partial charge is 0.279 e. The van der Waals surface area contributed by atoms with Gasteiger partial charge < -0.3 is 5.32 Å². The van der Waals surface area contributed by atoms with E-state index in [-0.39, 0.29) is 17.4 Å². The van der Waals surface area contributed by atoms with Crippen LogP contribution >= 0.6 is 0 Å². The third-order valence-corrected chi connectivity index (χ3v) is 2.99. The van der Waals surface area contributed by atoms with E-state index in [1.807, 2.05) is 6.92 Å². The summed E-state index contributed by atoms with van der Waals surface area (Å²) in [4.78, 5) is 20.4. The van der Waals surface area contributed by atoms with Gasteiger partial charge in [-0.1, -0.05) is 13.3 Å². The maximum absolute atomic E-state index is 11.0. The van der Waals surface area contributed by atoms with Crippen molar-refractivity contribution in [3.05, 3.63) is 44.0 Å². The fraction of sp³-hybridized carbons (Fsp3) is 0.500. The molecule has 0 aliphatic heterocycles. The normalized spacial score (nSPS) is 12.1. The van der Waals surface area contributed by atoms with Crippen molar-refractivity contribution in [3.8, 4) is 0 Å². The van der Waals surface area contributed by atoms with E-state index in [0.29, 0.717) is 12.0 Å². The Kier molecular flexibility index (Phi) is 5.37. The van der Waals surface area contributed by atoms with E-state index in [0.717, 1.165) is 18.9 Å². The fourth-order valence-corrected chi connectivity index (χ4v) is 1.97. The molecule has 1 aromatic carbocycles. The summed E-state index contributed by atoms with van der Waals surface area (Å²) < 4.78 is 0. The number of hydrogen-bond acceptors (Lipinski definition) is 5. The van der Waals surface area contributed by atoms with Crippen LogP contribution < -0.4 is 5.32 Å². The summed E-state index contributed by atoms with van der Waals surface area (Å²) in [6, 6.07) is 3.93. The topological polar surface area (TPSA) is 98.3 Å². The fourth-order valence-electron chi connectivity index (χ4n) is 1.97. The Morgan fingerprint density at radius 3 is 2.42 bits per heavy atom. The number of nitrogens with zero attached hydrogens (tertiary/aromatic N) is 2. The minimum absolute atomic E-state index is 0.130. The first-order valence-electron chi connectivity index (χ1n) is 6.08. The summed E-state index contributed by atoms with van der Waals surface area (Å²) in [5, 5.41) is 24.7. The summed E-state index contributed by atoms with van der Waals surface area (Å²) in [5.74, 6) is 0. The van der Waals surface area contributed by atoms with Gasteiger partial charge in [-0.15, -0.1) is 0 Å². The molecule has 0 heterocycles. The zero-order valence-corrected chi connectivity index (χ0v) is 11.0. The maximum atomic E-state index is 11.0. The Hall–Kier alpha value is -2.02. The molecule has 0 saturated carbocycles. The van der Waals surface area contributed by atoms with Crippen molar-refractivity contribution in [1.82, 2.24) is 5.32 Å². The first-order chi connectivity index (χ1) is 8.99. The zero-order valence-electron chi connectivity index (χ0n) is 11.0. The number of non-ortho nitro benzene ring substituents is 1. The third kappa shape index (κ3) is 3.99. The van der Waals surface area contributed by atoms with E-state index in [1.165, 1.54) is 12.1 Å². The van der Waals surface area contributed by atoms with Gasteiger partial charge in [-0.2, -0.15) is 0 Å². The quantitative estimate of drug-likeness (QED) is 0.604. The number of hydrogen-bond donors (Lipinski definition) is 1. The van der Waals surface area contributed by atoms with Crippen LogP contribution in [0.25, 0.3) is 0 Å². The predicted molar refractivity (Wildman–Crippen MR) is 71.2 cm³/mol. The van der Waals surface area contributed by atoms with Crippen molar-refractivity contribution < 1.29 is 9.85 Å². The van der Waals surface area contributed by atoms with Crippen LogP contribution in [-0.4, -0.2) is 22.9 Å². The average molecular weight is 267 g/mol. The van der Waals surface area contributed by atoms with Gasteiger partial charge in [0.1, 0.15) is 0 Å². The molecule has 0 aliphatic carbocycles. The monoisotopic (exact) mass is 267 g/mol. The second kappa shape index (κ2) is 6.79. The molecule has 0 spiro atoms. The van der Waals surface area contributed by atoms with Gasteiger partial charge >= 0.3 is 0 Å². The van der Waals surface area contributed by atoms with Crippen molar-refractivity contribution in [2.24, 2.45) is 0 Å². The first kappa shape index (κ1) is 15.0. The van der Waals surface area contributed by atoms with Crippen LogP contribution in [0.15, 0.2) is 18.2 Å². The predicted octanol–water partition coefficient (Wildman–Crippen LogP) is 2.43. The Labute approximate surface area is 110 Å². The van der Waals surface area contributed by atoms with E-state index in [4.69, 9.17) is 0 Å². The number of nitro groups is 2. The molecule has 0 bridgehead atoms. The van der Waals surface area contributed by atoms with Gasteiger partial charge in [0.15, 0.2) is 0 Å². The average Bonchev–Trinajstić information content (AvgIpc) is 2.37. The van der Waals surface area contributed by atoms with Crippen LogP contribution in [0, 0.1) is 20.2 Å². The Bertz CT molecular complexity index is 476. The van der Waals surface area contributed by atoms with E-state index in [1.54, 1.807) is 7.05 Å². The van der Waals surface area contributed by atoms with Crippen LogP contribution in [-0.2, 0) is 6.42 Å². The molecular formula is C12H17N3O4. The molecule has 0 radical (unpaired) electrons. The van der Waals surface area contributed by atoms with Crippen LogP contribution in [0.2, 0.25) is 0 Å². The van der Waals surface area contributed by atoms with E-state index in [2.05, 4.69) is 5.32 Å². The molecular weight excluding hydrogens is 250 g/mol. The lowest BCUT2D eigenvalue weighted by Crippen LogP contribution is -2.27. The molecule has 7 nitrogen and oxygen atoms in total. The van der Waals surface area contributed by atoms with Crippen molar-refractivity contribution in [3.63, 3.8) is 0 Å². The van der Waals surface area contributed by atoms with Crippen LogP contribution in [0.4, 0.5) is 11.4 Å². The van der Waals surface area contributed by atoms with E-state index in [9.17, 15) is 20.2 Å². The maximum Gasteiger partial charge on any atom is 0.279 e. The molecule has 0 saturated heterocycles. The highest BCUT2D eigenvalue weighted by Gasteiger charge is 2.21. The number of benzene rings is 1. The Morgan fingerprint density at radius 2 is 1.95 bits per heavy atom. The van der Waals surface area contributed by atoms with Crippen molar-refractivity contribution in [1.29, 1.82) is 0 Å². The SMILES string of the molecule is CCCC(Cc1ccc([N+](=O)[O-])cc1[N+](=O)[O-])NC. The lowest BCUT2D eigenvalue weighted by Gasteiger charge is -2.15. The van der Waals surface area contributed by atoms with Crippen molar-refractivity contribution >= 4 is 11.4 Å². The minimum Gasteiger partial charge on any atom is -0.317 e. The lowest BCUT2D eigenvalue weighted by atomic mass is 10.0. The molecule has 19 heavy (non-hydrogen) atoms. The van der Waals surface area contributed by atoms with Crippen LogP contribution in [0.3, 0.4) is 0 Å². The summed E-state index contributed by atoms with van der Waals surface area (Å²) in [6.45, 7) is 2.04. The zero-order chi connectivity index (χ0) is 14.4. The van der Waals surface area contributed by atoms with Gasteiger partial charge in [-0.3, -0.25) is 20.2 Å². The second-order valence-electron chi connectivity index (χ2n) is 4.31. The van der Waals surface area contributed by atoms with E-state index < -0.39 is 9.85 Å². The highest BCUT2D eigenvalue weighted by Crippen LogP contribution is 2.26. The third-order valence-electron chi connectivity index (χ3n) is 2.99. The highest BCUT2D eigenvalue weighted by atomic mass is 16.6. The lowest BCUT2D eigenvalue weighted by molar-refractivity contribution is -0.394. The van der Waals surface area contributed by atoms with E-state index >= 15 is 0 Å². The number of rotatable bonds is 7. The van der Waals surface area contributed by atoms with Gasteiger partial charge in [0.2, 0.25) is 0 Å². The molecule has 0 amide bonds. The molecule has 0 aromatic heterocycles. The summed E-state index contributed by atoms with van der Waals surface area (Å²) in [5.41, 5.74) is 0.0703.